The van der Waals surface area contributed by atoms with Gasteiger partial charge in [-0.1, -0.05) is 72.8 Å². The molecule has 11 heteroatoms. The van der Waals surface area contributed by atoms with E-state index in [1.54, 1.807) is 34.1 Å². The van der Waals surface area contributed by atoms with E-state index in [0.717, 1.165) is 16.7 Å². The molecule has 1 heterocycles. The molecule has 1 fully saturated rings. The SMILES string of the molecule is CC(=O)N1CCN(C(=O)C(Cc2cccc(C(=N)N)c2)NS(=O)(=O)NCc2ccc(-c3ccccc3)cc2)CC1. The number of nitrogens with two attached hydrogens (primary N) is 1. The Kier molecular flexibility index (Phi) is 9.30. The van der Waals surface area contributed by atoms with Gasteiger partial charge in [0.2, 0.25) is 11.8 Å². The summed E-state index contributed by atoms with van der Waals surface area (Å²) in [6, 6.07) is 23.2. The maximum absolute atomic E-state index is 13.5. The number of nitrogens with one attached hydrogen (secondary N) is 3. The largest absolute Gasteiger partial charge is 0.384 e. The first-order valence-electron chi connectivity index (χ1n) is 13.0. The van der Waals surface area contributed by atoms with Crippen LogP contribution in [-0.2, 0) is 32.8 Å². The number of hydrogen-bond acceptors (Lipinski definition) is 5. The lowest BCUT2D eigenvalue weighted by Crippen LogP contribution is -2.57. The van der Waals surface area contributed by atoms with Crippen LogP contribution in [0.15, 0.2) is 78.9 Å². The van der Waals surface area contributed by atoms with E-state index >= 15 is 0 Å². The van der Waals surface area contributed by atoms with Crippen LogP contribution in [0.3, 0.4) is 0 Å². The topological polar surface area (TPSA) is 149 Å². The van der Waals surface area contributed by atoms with Gasteiger partial charge in [0.1, 0.15) is 11.9 Å². The molecule has 3 aromatic rings. The second-order valence-corrected chi connectivity index (χ2v) is 11.2. The highest BCUT2D eigenvalue weighted by Gasteiger charge is 2.31. The Hall–Kier alpha value is -4.06. The number of hydrogen-bond donors (Lipinski definition) is 4. The minimum Gasteiger partial charge on any atom is -0.384 e. The Morgan fingerprint density at radius 2 is 1.50 bits per heavy atom. The predicted molar refractivity (Wildman–Crippen MR) is 155 cm³/mol. The van der Waals surface area contributed by atoms with Crippen molar-refractivity contribution in [1.82, 2.24) is 19.2 Å². The fourth-order valence-corrected chi connectivity index (χ4v) is 5.59. The minimum atomic E-state index is -4.07. The van der Waals surface area contributed by atoms with Gasteiger partial charge >= 0.3 is 0 Å². The van der Waals surface area contributed by atoms with E-state index in [1.807, 2.05) is 54.6 Å². The third-order valence-electron chi connectivity index (χ3n) is 6.84. The molecule has 0 aromatic heterocycles. The first-order chi connectivity index (χ1) is 19.1. The molecule has 3 aromatic carbocycles. The van der Waals surface area contributed by atoms with Gasteiger partial charge < -0.3 is 15.5 Å². The highest BCUT2D eigenvalue weighted by molar-refractivity contribution is 7.87. The van der Waals surface area contributed by atoms with Crippen LogP contribution in [0.5, 0.6) is 0 Å². The van der Waals surface area contributed by atoms with E-state index in [1.165, 1.54) is 6.92 Å². The monoisotopic (exact) mass is 562 g/mol. The Labute approximate surface area is 234 Å². The summed E-state index contributed by atoms with van der Waals surface area (Å²) in [6.45, 7) is 2.92. The van der Waals surface area contributed by atoms with Crippen molar-refractivity contribution >= 4 is 27.9 Å². The molecule has 40 heavy (non-hydrogen) atoms. The van der Waals surface area contributed by atoms with Crippen molar-refractivity contribution in [3.05, 3.63) is 95.6 Å². The lowest BCUT2D eigenvalue weighted by atomic mass is 10.0. The van der Waals surface area contributed by atoms with Crippen molar-refractivity contribution in [2.24, 2.45) is 5.73 Å². The van der Waals surface area contributed by atoms with Crippen LogP contribution in [-0.4, -0.2) is 68.1 Å². The third kappa shape index (κ3) is 7.75. The molecule has 0 spiro atoms. The highest BCUT2D eigenvalue weighted by Crippen LogP contribution is 2.19. The van der Waals surface area contributed by atoms with Crippen LogP contribution < -0.4 is 15.2 Å². The van der Waals surface area contributed by atoms with Gasteiger partial charge in [0.05, 0.1) is 0 Å². The number of amides is 2. The number of piperazine rings is 1. The standard InChI is InChI=1S/C29H34N6O4S/c1-21(36)34-14-16-35(17-15-34)29(37)27(19-23-6-5-9-26(18-23)28(30)31)33-40(38,39)32-20-22-10-12-25(13-11-22)24-7-3-2-4-8-24/h2-13,18,27,32-33H,14-17,19-20H2,1H3,(H3,30,31). The number of nitrogen functional groups attached to an aromatic ring is 1. The number of amidine groups is 1. The van der Waals surface area contributed by atoms with Crippen molar-refractivity contribution in [3.8, 4) is 11.1 Å². The molecular weight excluding hydrogens is 528 g/mol. The third-order valence-corrected chi connectivity index (χ3v) is 7.96. The van der Waals surface area contributed by atoms with E-state index in [9.17, 15) is 18.0 Å². The molecule has 2 amide bonds. The van der Waals surface area contributed by atoms with Crippen molar-refractivity contribution < 1.29 is 18.0 Å². The number of benzene rings is 3. The molecule has 0 radical (unpaired) electrons. The lowest BCUT2D eigenvalue weighted by Gasteiger charge is -2.36. The molecule has 1 aliphatic rings. The van der Waals surface area contributed by atoms with Gasteiger partial charge in [-0.05, 0) is 34.7 Å². The zero-order valence-corrected chi connectivity index (χ0v) is 23.2. The van der Waals surface area contributed by atoms with Gasteiger partial charge in [0.25, 0.3) is 10.2 Å². The van der Waals surface area contributed by atoms with E-state index in [2.05, 4.69) is 9.44 Å². The van der Waals surface area contributed by atoms with E-state index in [-0.39, 0.29) is 30.6 Å². The summed E-state index contributed by atoms with van der Waals surface area (Å²) in [5, 5.41) is 7.70. The molecule has 1 aliphatic heterocycles. The second-order valence-electron chi connectivity index (χ2n) is 9.71. The summed E-state index contributed by atoms with van der Waals surface area (Å²) in [6.07, 6.45) is 0.0690. The molecule has 4 rings (SSSR count). The van der Waals surface area contributed by atoms with Crippen molar-refractivity contribution in [2.45, 2.75) is 25.9 Å². The van der Waals surface area contributed by atoms with Crippen LogP contribution in [0.1, 0.15) is 23.6 Å². The Balaban J connectivity index is 1.46. The minimum absolute atomic E-state index is 0.0441. The zero-order valence-electron chi connectivity index (χ0n) is 22.3. The molecule has 10 nitrogen and oxygen atoms in total. The van der Waals surface area contributed by atoms with Crippen molar-refractivity contribution in [2.75, 3.05) is 26.2 Å². The average molecular weight is 563 g/mol. The maximum Gasteiger partial charge on any atom is 0.277 e. The summed E-state index contributed by atoms with van der Waals surface area (Å²) in [7, 11) is -4.07. The Bertz CT molecular complexity index is 1450. The lowest BCUT2D eigenvalue weighted by molar-refractivity contribution is -0.139. The molecule has 1 atom stereocenters. The van der Waals surface area contributed by atoms with Gasteiger partial charge in [0, 0.05) is 45.2 Å². The molecule has 5 N–H and O–H groups in total. The summed E-state index contributed by atoms with van der Waals surface area (Å²) >= 11 is 0. The maximum atomic E-state index is 13.5. The smallest absolute Gasteiger partial charge is 0.277 e. The van der Waals surface area contributed by atoms with Gasteiger partial charge in [-0.2, -0.15) is 17.9 Å². The van der Waals surface area contributed by atoms with Crippen LogP contribution in [0.25, 0.3) is 11.1 Å². The summed E-state index contributed by atoms with van der Waals surface area (Å²) < 4.78 is 31.3. The molecule has 0 aliphatic carbocycles. The first-order valence-corrected chi connectivity index (χ1v) is 14.5. The number of carbonyl (C=O) groups is 2. The fraction of sp³-hybridized carbons (Fsp3) is 0.276. The predicted octanol–water partition coefficient (Wildman–Crippen LogP) is 1.86. The zero-order chi connectivity index (χ0) is 28.7. The molecule has 210 valence electrons. The Morgan fingerprint density at radius 3 is 2.12 bits per heavy atom. The summed E-state index contributed by atoms with van der Waals surface area (Å²) in [5.41, 5.74) is 9.62. The molecule has 0 bridgehead atoms. The molecule has 1 unspecified atom stereocenters. The fourth-order valence-electron chi connectivity index (χ4n) is 4.60. The molecule has 1 saturated heterocycles. The van der Waals surface area contributed by atoms with Gasteiger partial charge in [0.15, 0.2) is 0 Å². The van der Waals surface area contributed by atoms with Crippen molar-refractivity contribution in [3.63, 3.8) is 0 Å². The van der Waals surface area contributed by atoms with E-state index < -0.39 is 16.3 Å². The Morgan fingerprint density at radius 1 is 0.875 bits per heavy atom. The number of rotatable bonds is 10. The van der Waals surface area contributed by atoms with Gasteiger partial charge in [-0.3, -0.25) is 15.0 Å². The van der Waals surface area contributed by atoms with Crippen molar-refractivity contribution in [1.29, 1.82) is 5.41 Å². The second kappa shape index (κ2) is 12.9. The van der Waals surface area contributed by atoms with E-state index in [0.29, 0.717) is 37.3 Å². The highest BCUT2D eigenvalue weighted by atomic mass is 32.2. The normalized spacial score (nSPS) is 14.5. The first kappa shape index (κ1) is 28.9. The van der Waals surface area contributed by atoms with Crippen LogP contribution in [0, 0.1) is 5.41 Å². The molecular formula is C29H34N6O4S. The van der Waals surface area contributed by atoms with Crippen LogP contribution in [0.2, 0.25) is 0 Å². The van der Waals surface area contributed by atoms with Gasteiger partial charge in [-0.25, -0.2) is 0 Å². The van der Waals surface area contributed by atoms with Gasteiger partial charge in [-0.15, -0.1) is 0 Å². The number of nitrogens with zero attached hydrogens (tertiary/aromatic N) is 2. The average Bonchev–Trinajstić information content (AvgIpc) is 2.96. The summed E-state index contributed by atoms with van der Waals surface area (Å²) in [4.78, 5) is 28.5. The van der Waals surface area contributed by atoms with E-state index in [4.69, 9.17) is 11.1 Å². The number of carbonyl (C=O) groups excluding carboxylic acids is 2. The summed E-state index contributed by atoms with van der Waals surface area (Å²) in [5.74, 6) is -0.564. The van der Waals surface area contributed by atoms with Crippen LogP contribution >= 0.6 is 0 Å². The van der Waals surface area contributed by atoms with Crippen LogP contribution in [0.4, 0.5) is 0 Å². The quantitative estimate of drug-likeness (QED) is 0.220. The molecule has 0 saturated carbocycles.